The summed E-state index contributed by atoms with van der Waals surface area (Å²) in [6.45, 7) is 1.31. The molecule has 0 saturated heterocycles. The molecule has 0 radical (unpaired) electrons. The van der Waals surface area contributed by atoms with Crippen LogP contribution in [0.4, 0.5) is 0 Å². The van der Waals surface area contributed by atoms with E-state index in [1.165, 1.54) is 6.92 Å². The molecule has 6 heteroatoms. The Hall–Kier alpha value is -0.0700. The van der Waals surface area contributed by atoms with Crippen molar-refractivity contribution >= 4 is 10.1 Å². The number of rotatable bonds is 2. The molecular weight excluding hydrogens is 227 g/mol. The summed E-state index contributed by atoms with van der Waals surface area (Å²) in [4.78, 5) is 0. The molecule has 4 nitrogen and oxygen atoms in total. The van der Waals surface area contributed by atoms with Crippen molar-refractivity contribution in [2.75, 3.05) is 12.9 Å². The van der Waals surface area contributed by atoms with Gasteiger partial charge in [0.25, 0.3) is 0 Å². The van der Waals surface area contributed by atoms with Crippen molar-refractivity contribution in [3.05, 3.63) is 30.3 Å². The van der Waals surface area contributed by atoms with Gasteiger partial charge >= 0.3 is 29.6 Å². The second kappa shape index (κ2) is 9.18. The van der Waals surface area contributed by atoms with Crippen molar-refractivity contribution in [1.82, 2.24) is 0 Å². The minimum absolute atomic E-state index is 0. The van der Waals surface area contributed by atoms with Crippen LogP contribution in [-0.4, -0.2) is 25.8 Å². The van der Waals surface area contributed by atoms with Crippen LogP contribution in [0.15, 0.2) is 30.3 Å². The Kier molecular flexibility index (Phi) is 10.6. The van der Waals surface area contributed by atoms with Gasteiger partial charge in [-0.3, -0.25) is 0 Å². The molecule has 0 N–H and O–H groups in total. The summed E-state index contributed by atoms with van der Waals surface area (Å²) in [5, 5.41) is 0. The summed E-state index contributed by atoms with van der Waals surface area (Å²) in [6.07, 6.45) is 0. The summed E-state index contributed by atoms with van der Waals surface area (Å²) < 4.78 is 33.2. The average molecular weight is 240 g/mol. The van der Waals surface area contributed by atoms with Gasteiger partial charge in [0.2, 0.25) is 0 Å². The Morgan fingerprint density at radius 1 is 1.27 bits per heavy atom. The van der Waals surface area contributed by atoms with E-state index < -0.39 is 10.1 Å². The zero-order valence-electron chi connectivity index (χ0n) is 9.14. The van der Waals surface area contributed by atoms with E-state index in [0.29, 0.717) is 0 Å². The van der Waals surface area contributed by atoms with E-state index >= 15 is 0 Å². The first-order valence-corrected chi connectivity index (χ1v) is 5.60. The van der Waals surface area contributed by atoms with Crippen molar-refractivity contribution in [1.29, 1.82) is 0 Å². The molecule has 1 aromatic rings. The van der Waals surface area contributed by atoms with Crippen molar-refractivity contribution in [3.63, 3.8) is 0 Å². The first kappa shape index (κ1) is 17.3. The maximum Gasteiger partial charge on any atom is 1.00 e. The zero-order valence-corrected chi connectivity index (χ0v) is 12.0. The maximum atomic E-state index is 9.44. The summed E-state index contributed by atoms with van der Waals surface area (Å²) in [5.41, 5.74) is 0. The van der Waals surface area contributed by atoms with Crippen molar-refractivity contribution in [3.8, 4) is 5.75 Å². The number of hydrogen-bond donors (Lipinski definition) is 0. The van der Waals surface area contributed by atoms with Gasteiger partial charge in [-0.1, -0.05) is 25.1 Å². The quantitative estimate of drug-likeness (QED) is 0.454. The summed E-state index contributed by atoms with van der Waals surface area (Å²) >= 11 is 0. The van der Waals surface area contributed by atoms with Crippen LogP contribution >= 0.6 is 0 Å². The predicted molar refractivity (Wildman–Crippen MR) is 53.2 cm³/mol. The Morgan fingerprint density at radius 2 is 1.67 bits per heavy atom. The fraction of sp³-hybridized carbons (Fsp3) is 0.333. The van der Waals surface area contributed by atoms with Crippen LogP contribution < -0.4 is 34.3 Å². The molecule has 0 heterocycles. The summed E-state index contributed by atoms with van der Waals surface area (Å²) in [6, 6.07) is 9.68. The van der Waals surface area contributed by atoms with Gasteiger partial charge < -0.3 is 9.29 Å². The molecule has 0 aliphatic rings. The zero-order chi connectivity index (χ0) is 11.0. The van der Waals surface area contributed by atoms with Crippen LogP contribution in [-0.2, 0) is 10.1 Å². The van der Waals surface area contributed by atoms with Crippen molar-refractivity contribution in [2.45, 2.75) is 6.92 Å². The Labute approximate surface area is 113 Å². The topological polar surface area (TPSA) is 66.4 Å². The van der Waals surface area contributed by atoms with E-state index in [4.69, 9.17) is 4.74 Å². The Bertz CT molecular complexity index is 336. The average Bonchev–Trinajstić information content (AvgIpc) is 2.19. The van der Waals surface area contributed by atoms with E-state index in [1.54, 1.807) is 7.11 Å². The summed E-state index contributed by atoms with van der Waals surface area (Å²) in [5.74, 6) is 0.597. The second-order valence-electron chi connectivity index (χ2n) is 2.36. The standard InChI is InChI=1S/C7H8O.C2H6O3S.Na/c1-8-7-5-3-2-4-6-7;1-2-6(3,4)5;/h2-6H,1H3;2H2,1H3,(H,3,4,5);/q;;+1/p-1. The molecular formula is C9H13NaO4S. The number of methoxy groups -OCH3 is 1. The van der Waals surface area contributed by atoms with Gasteiger partial charge in [0, 0.05) is 5.75 Å². The fourth-order valence-corrected chi connectivity index (χ4v) is 0.557. The van der Waals surface area contributed by atoms with Crippen LogP contribution in [0.1, 0.15) is 6.92 Å². The number of para-hydroxylation sites is 1. The van der Waals surface area contributed by atoms with Gasteiger partial charge in [0.1, 0.15) is 5.75 Å². The van der Waals surface area contributed by atoms with Crippen LogP contribution in [0.2, 0.25) is 0 Å². The molecule has 1 rings (SSSR count). The van der Waals surface area contributed by atoms with Crippen LogP contribution in [0.3, 0.4) is 0 Å². The number of benzene rings is 1. The molecule has 0 amide bonds. The van der Waals surface area contributed by atoms with Crippen LogP contribution in [0, 0.1) is 0 Å². The maximum absolute atomic E-state index is 9.44. The molecule has 80 valence electrons. The normalized spacial score (nSPS) is 9.27. The van der Waals surface area contributed by atoms with Gasteiger partial charge in [-0.2, -0.15) is 0 Å². The van der Waals surface area contributed by atoms with Gasteiger partial charge in [0.15, 0.2) is 0 Å². The third-order valence-electron chi connectivity index (χ3n) is 1.33. The van der Waals surface area contributed by atoms with E-state index in [9.17, 15) is 13.0 Å². The largest absolute Gasteiger partial charge is 1.00 e. The number of hydrogen-bond acceptors (Lipinski definition) is 4. The number of ether oxygens (including phenoxy) is 1. The van der Waals surface area contributed by atoms with Gasteiger partial charge in [-0.15, -0.1) is 0 Å². The molecule has 0 aromatic heterocycles. The molecule has 0 saturated carbocycles. The molecule has 15 heavy (non-hydrogen) atoms. The minimum Gasteiger partial charge on any atom is -0.748 e. The molecule has 0 spiro atoms. The predicted octanol–water partition coefficient (Wildman–Crippen LogP) is -1.75. The fourth-order valence-electron chi connectivity index (χ4n) is 0.557. The molecule has 1 aromatic carbocycles. The molecule has 0 aliphatic carbocycles. The molecule has 0 bridgehead atoms. The second-order valence-corrected chi connectivity index (χ2v) is 4.06. The van der Waals surface area contributed by atoms with Crippen LogP contribution in [0.25, 0.3) is 0 Å². The van der Waals surface area contributed by atoms with Gasteiger partial charge in [-0.25, -0.2) is 8.42 Å². The summed E-state index contributed by atoms with van der Waals surface area (Å²) in [7, 11) is -2.25. The molecule has 0 unspecified atom stereocenters. The SMILES string of the molecule is CCS(=O)(=O)[O-].COc1ccccc1.[Na+]. The molecule has 0 aliphatic heterocycles. The van der Waals surface area contributed by atoms with E-state index in [0.717, 1.165) is 5.75 Å². The van der Waals surface area contributed by atoms with Crippen LogP contribution in [0.5, 0.6) is 5.75 Å². The third kappa shape index (κ3) is 11.9. The first-order chi connectivity index (χ1) is 6.49. The van der Waals surface area contributed by atoms with Crippen molar-refractivity contribution < 1.29 is 47.3 Å². The van der Waals surface area contributed by atoms with E-state index in [1.807, 2.05) is 30.3 Å². The Morgan fingerprint density at radius 3 is 1.87 bits per heavy atom. The van der Waals surface area contributed by atoms with Crippen molar-refractivity contribution in [2.24, 2.45) is 0 Å². The van der Waals surface area contributed by atoms with E-state index in [-0.39, 0.29) is 35.3 Å². The Balaban J connectivity index is 0. The monoisotopic (exact) mass is 240 g/mol. The third-order valence-corrected chi connectivity index (χ3v) is 2.04. The first-order valence-electron chi connectivity index (χ1n) is 4.02. The molecule has 0 fully saturated rings. The van der Waals surface area contributed by atoms with Gasteiger partial charge in [-0.05, 0) is 12.1 Å². The minimum atomic E-state index is -3.91. The smallest absolute Gasteiger partial charge is 0.748 e. The molecule has 0 atom stereocenters. The van der Waals surface area contributed by atoms with E-state index in [2.05, 4.69) is 0 Å². The van der Waals surface area contributed by atoms with Gasteiger partial charge in [0.05, 0.1) is 17.2 Å².